The fourth-order valence-electron chi connectivity index (χ4n) is 2.40. The molecule has 0 aliphatic heterocycles. The Morgan fingerprint density at radius 3 is 2.48 bits per heavy atom. The van der Waals surface area contributed by atoms with Crippen LogP contribution in [0.4, 0.5) is 5.69 Å². The van der Waals surface area contributed by atoms with Gasteiger partial charge in [0.05, 0.1) is 12.8 Å². The van der Waals surface area contributed by atoms with Gasteiger partial charge < -0.3 is 14.8 Å². The van der Waals surface area contributed by atoms with Crippen LogP contribution >= 0.6 is 11.6 Å². The highest BCUT2D eigenvalue weighted by Crippen LogP contribution is 2.15. The molecule has 0 radical (unpaired) electrons. The third-order valence-electron chi connectivity index (χ3n) is 3.90. The van der Waals surface area contributed by atoms with Crippen molar-refractivity contribution in [1.82, 2.24) is 5.43 Å². The van der Waals surface area contributed by atoms with Crippen LogP contribution in [0.15, 0.2) is 53.6 Å². The standard InChI is InChI=1S/C22H24ClN3O5/c1-3-30-22(29)15(2)31-19-9-7-16(8-10-19)14-24-26-21(28)12-11-20(27)25-18-6-4-5-17(23)13-18/h4-10,13-15H,3,11-12H2,1-2H3,(H,25,27)(H,26,28). The molecule has 0 aliphatic rings. The molecule has 8 nitrogen and oxygen atoms in total. The number of amides is 2. The van der Waals surface area contributed by atoms with E-state index in [1.807, 2.05) is 0 Å². The van der Waals surface area contributed by atoms with E-state index in [4.69, 9.17) is 21.1 Å². The number of carbonyl (C=O) groups is 3. The zero-order valence-corrected chi connectivity index (χ0v) is 18.0. The van der Waals surface area contributed by atoms with Gasteiger partial charge in [0, 0.05) is 23.6 Å². The van der Waals surface area contributed by atoms with Crippen molar-refractivity contribution in [3.63, 3.8) is 0 Å². The van der Waals surface area contributed by atoms with E-state index in [2.05, 4.69) is 15.8 Å². The fraction of sp³-hybridized carbons (Fsp3) is 0.273. The molecule has 0 aromatic heterocycles. The van der Waals surface area contributed by atoms with Crippen LogP contribution in [-0.4, -0.2) is 36.7 Å². The minimum atomic E-state index is -0.713. The topological polar surface area (TPSA) is 106 Å². The summed E-state index contributed by atoms with van der Waals surface area (Å²) in [7, 11) is 0. The first kappa shape index (κ1) is 23.9. The van der Waals surface area contributed by atoms with Crippen LogP contribution in [0.1, 0.15) is 32.3 Å². The average Bonchev–Trinajstić information content (AvgIpc) is 2.73. The third-order valence-corrected chi connectivity index (χ3v) is 4.14. The Balaban J connectivity index is 1.73. The average molecular weight is 446 g/mol. The first-order valence-corrected chi connectivity index (χ1v) is 10.1. The molecule has 0 saturated heterocycles. The predicted molar refractivity (Wildman–Crippen MR) is 118 cm³/mol. The zero-order chi connectivity index (χ0) is 22.6. The lowest BCUT2D eigenvalue weighted by atomic mass is 10.2. The van der Waals surface area contributed by atoms with Crippen molar-refractivity contribution in [2.45, 2.75) is 32.8 Å². The number of hydrogen-bond donors (Lipinski definition) is 2. The third kappa shape index (κ3) is 8.88. The molecular formula is C22H24ClN3O5. The molecule has 0 heterocycles. The predicted octanol–water partition coefficient (Wildman–Crippen LogP) is 3.54. The van der Waals surface area contributed by atoms with Crippen LogP contribution in [-0.2, 0) is 19.1 Å². The quantitative estimate of drug-likeness (QED) is 0.330. The maximum Gasteiger partial charge on any atom is 0.347 e. The summed E-state index contributed by atoms with van der Waals surface area (Å²) in [5.74, 6) is -0.612. The summed E-state index contributed by atoms with van der Waals surface area (Å²) >= 11 is 5.86. The fourth-order valence-corrected chi connectivity index (χ4v) is 2.59. The number of hydrogen-bond acceptors (Lipinski definition) is 6. The molecule has 2 aromatic carbocycles. The van der Waals surface area contributed by atoms with Crippen LogP contribution < -0.4 is 15.5 Å². The van der Waals surface area contributed by atoms with Crippen molar-refractivity contribution in [2.24, 2.45) is 5.10 Å². The summed E-state index contributed by atoms with van der Waals surface area (Å²) in [4.78, 5) is 35.3. The van der Waals surface area contributed by atoms with Gasteiger partial charge in [0.15, 0.2) is 6.10 Å². The van der Waals surface area contributed by atoms with Gasteiger partial charge in [-0.15, -0.1) is 0 Å². The first-order chi connectivity index (χ1) is 14.9. The molecule has 164 valence electrons. The molecule has 2 rings (SSSR count). The molecule has 2 N–H and O–H groups in total. The highest BCUT2D eigenvalue weighted by atomic mass is 35.5. The summed E-state index contributed by atoms with van der Waals surface area (Å²) in [6.45, 7) is 3.63. The Morgan fingerprint density at radius 1 is 1.10 bits per heavy atom. The number of hydrazone groups is 1. The van der Waals surface area contributed by atoms with Gasteiger partial charge in [-0.3, -0.25) is 9.59 Å². The number of esters is 1. The van der Waals surface area contributed by atoms with Gasteiger partial charge in [0.1, 0.15) is 5.75 Å². The van der Waals surface area contributed by atoms with Crippen molar-refractivity contribution < 1.29 is 23.9 Å². The molecule has 0 fully saturated rings. The molecule has 0 bridgehead atoms. The van der Waals surface area contributed by atoms with Gasteiger partial charge in [0.25, 0.3) is 0 Å². The molecule has 2 aromatic rings. The Labute approximate surface area is 185 Å². The van der Waals surface area contributed by atoms with E-state index in [9.17, 15) is 14.4 Å². The summed E-state index contributed by atoms with van der Waals surface area (Å²) in [6, 6.07) is 13.6. The van der Waals surface area contributed by atoms with Gasteiger partial charge >= 0.3 is 5.97 Å². The Morgan fingerprint density at radius 2 is 1.81 bits per heavy atom. The van der Waals surface area contributed by atoms with Crippen molar-refractivity contribution in [1.29, 1.82) is 0 Å². The lowest BCUT2D eigenvalue weighted by Gasteiger charge is -2.13. The minimum absolute atomic E-state index is 0.0116. The largest absolute Gasteiger partial charge is 0.479 e. The van der Waals surface area contributed by atoms with E-state index in [1.54, 1.807) is 62.4 Å². The van der Waals surface area contributed by atoms with Crippen molar-refractivity contribution in [3.05, 3.63) is 59.1 Å². The second-order valence-electron chi connectivity index (χ2n) is 6.43. The van der Waals surface area contributed by atoms with Crippen molar-refractivity contribution >= 4 is 41.3 Å². The minimum Gasteiger partial charge on any atom is -0.479 e. The van der Waals surface area contributed by atoms with E-state index in [1.165, 1.54) is 6.21 Å². The van der Waals surface area contributed by atoms with Gasteiger partial charge in [-0.2, -0.15) is 5.10 Å². The van der Waals surface area contributed by atoms with Crippen LogP contribution in [0.25, 0.3) is 0 Å². The van der Waals surface area contributed by atoms with E-state index in [0.29, 0.717) is 23.1 Å². The summed E-state index contributed by atoms with van der Waals surface area (Å²) in [5.41, 5.74) is 3.66. The maximum atomic E-state index is 11.9. The second-order valence-corrected chi connectivity index (χ2v) is 6.87. The molecule has 1 unspecified atom stereocenters. The number of benzene rings is 2. The number of rotatable bonds is 10. The SMILES string of the molecule is CCOC(=O)C(C)Oc1ccc(C=NNC(=O)CCC(=O)Nc2cccc(Cl)c2)cc1. The van der Waals surface area contributed by atoms with E-state index >= 15 is 0 Å². The number of carbonyl (C=O) groups excluding carboxylic acids is 3. The summed E-state index contributed by atoms with van der Waals surface area (Å²) in [6.07, 6.45) is 0.749. The number of halogens is 1. The van der Waals surface area contributed by atoms with Crippen LogP contribution in [0.2, 0.25) is 5.02 Å². The lowest BCUT2D eigenvalue weighted by molar-refractivity contribution is -0.150. The smallest absolute Gasteiger partial charge is 0.347 e. The number of ether oxygens (including phenoxy) is 2. The van der Waals surface area contributed by atoms with Crippen molar-refractivity contribution in [3.8, 4) is 5.75 Å². The Kier molecular flexibility index (Phi) is 9.51. The zero-order valence-electron chi connectivity index (χ0n) is 17.3. The van der Waals surface area contributed by atoms with Gasteiger partial charge in [-0.25, -0.2) is 10.2 Å². The van der Waals surface area contributed by atoms with Gasteiger partial charge in [-0.1, -0.05) is 17.7 Å². The highest BCUT2D eigenvalue weighted by molar-refractivity contribution is 6.30. The summed E-state index contributed by atoms with van der Waals surface area (Å²) < 4.78 is 10.4. The van der Waals surface area contributed by atoms with E-state index < -0.39 is 12.1 Å². The first-order valence-electron chi connectivity index (χ1n) is 9.68. The van der Waals surface area contributed by atoms with Crippen LogP contribution in [0.5, 0.6) is 5.75 Å². The molecule has 0 spiro atoms. The second kappa shape index (κ2) is 12.3. The monoisotopic (exact) mass is 445 g/mol. The lowest BCUT2D eigenvalue weighted by Crippen LogP contribution is -2.26. The van der Waals surface area contributed by atoms with E-state index in [0.717, 1.165) is 5.56 Å². The highest BCUT2D eigenvalue weighted by Gasteiger charge is 2.15. The Bertz CT molecular complexity index is 931. The number of nitrogens with zero attached hydrogens (tertiary/aromatic N) is 1. The van der Waals surface area contributed by atoms with Crippen molar-refractivity contribution in [2.75, 3.05) is 11.9 Å². The number of anilines is 1. The molecule has 0 saturated carbocycles. The van der Waals surface area contributed by atoms with Crippen LogP contribution in [0, 0.1) is 0 Å². The molecule has 0 aliphatic carbocycles. The Hall–Kier alpha value is -3.39. The normalized spacial score (nSPS) is 11.6. The summed E-state index contributed by atoms with van der Waals surface area (Å²) in [5, 5.41) is 7.05. The van der Waals surface area contributed by atoms with Gasteiger partial charge in [0.2, 0.25) is 11.8 Å². The van der Waals surface area contributed by atoms with E-state index in [-0.39, 0.29) is 24.7 Å². The van der Waals surface area contributed by atoms with Gasteiger partial charge in [-0.05, 0) is 61.9 Å². The van der Waals surface area contributed by atoms with Crippen LogP contribution in [0.3, 0.4) is 0 Å². The molecule has 2 amide bonds. The molecule has 1 atom stereocenters. The molecule has 9 heteroatoms. The maximum absolute atomic E-state index is 11.9. The number of nitrogens with one attached hydrogen (secondary N) is 2. The molecule has 31 heavy (non-hydrogen) atoms. The molecular weight excluding hydrogens is 422 g/mol.